The second-order valence-corrected chi connectivity index (χ2v) is 43.0. The first-order valence-electron chi connectivity index (χ1n) is 44.5. The van der Waals surface area contributed by atoms with Crippen LogP contribution in [-0.2, 0) is 39.8 Å². The summed E-state index contributed by atoms with van der Waals surface area (Å²) in [5.74, 6) is 1.47. The fraction of sp³-hybridized carbons (Fsp3) is 0.175. The highest BCUT2D eigenvalue weighted by Gasteiger charge is 2.33. The largest absolute Gasteiger partial charge is 0.322 e. The van der Waals surface area contributed by atoms with Gasteiger partial charge >= 0.3 is 0 Å². The van der Waals surface area contributed by atoms with Crippen LogP contribution in [0.1, 0.15) is 119 Å². The van der Waals surface area contributed by atoms with Crippen LogP contribution in [-0.4, -0.2) is 50.6 Å². The predicted octanol–water partition coefficient (Wildman–Crippen LogP) is 28.5. The minimum atomic E-state index is -3.39. The molecule has 0 saturated heterocycles. The molecule has 0 fully saturated rings. The van der Waals surface area contributed by atoms with Crippen LogP contribution in [0.15, 0.2) is 340 Å². The molecule has 0 saturated carbocycles. The van der Waals surface area contributed by atoms with E-state index in [1.54, 1.807) is 12.4 Å². The van der Waals surface area contributed by atoms with E-state index in [2.05, 4.69) is 353 Å². The zero-order valence-electron chi connectivity index (χ0n) is 74.9. The summed E-state index contributed by atoms with van der Waals surface area (Å²) < 4.78 is 55.3. The quantitative estimate of drug-likeness (QED) is 0.100. The summed E-state index contributed by atoms with van der Waals surface area (Å²) >= 11 is 0. The SMILES string of the molecule is CCOP(=O)(c1ccccc1)c1ccc(-n2c3ccc(-n4c5ccc(C(C)(C)C)cc5c5cc(C(C)(C)C)ccc54)cc3c3cc(-n4c5ccc(C(C)(C)C)cc5c5cc(C(C)(C)C)ccc54)ccc32)nc1.CCOP(=O)(c1ccccc1)c1ccc(-n2c3ccc(-n4c5ccccc5c5ccccc54)cc3c3cc(-n4c5ccccc5c5ccccc54)ccc32)nc1. The smallest absolute Gasteiger partial charge is 0.262 e. The number of benzene rings is 14. The second kappa shape index (κ2) is 30.7. The molecule has 8 heterocycles. The van der Waals surface area contributed by atoms with Crippen molar-refractivity contribution in [1.29, 1.82) is 0 Å². The van der Waals surface area contributed by atoms with Gasteiger partial charge in [-0.2, -0.15) is 0 Å². The summed E-state index contributed by atoms with van der Waals surface area (Å²) in [7, 11) is -6.74. The first-order valence-corrected chi connectivity index (χ1v) is 47.8. The van der Waals surface area contributed by atoms with Crippen LogP contribution in [0.3, 0.4) is 0 Å². The summed E-state index contributed by atoms with van der Waals surface area (Å²) in [5, 5.41) is 16.8. The zero-order chi connectivity index (χ0) is 88.2. The zero-order valence-corrected chi connectivity index (χ0v) is 76.6. The molecule has 0 N–H and O–H groups in total. The molecule has 632 valence electrons. The summed E-state index contributed by atoms with van der Waals surface area (Å²) in [5.41, 5.74) is 23.1. The van der Waals surface area contributed by atoms with Gasteiger partial charge in [0.05, 0.1) is 90.0 Å². The minimum Gasteiger partial charge on any atom is -0.322 e. The molecule has 0 aliphatic carbocycles. The number of rotatable bonds is 14. The summed E-state index contributed by atoms with van der Waals surface area (Å²) in [6.45, 7) is 31.9. The van der Waals surface area contributed by atoms with Gasteiger partial charge in [0.25, 0.3) is 14.7 Å². The van der Waals surface area contributed by atoms with Crippen molar-refractivity contribution in [2.75, 3.05) is 13.2 Å². The molecule has 2 atom stereocenters. The van der Waals surface area contributed by atoms with Gasteiger partial charge < -0.3 is 27.3 Å². The van der Waals surface area contributed by atoms with Crippen molar-refractivity contribution in [3.8, 4) is 34.4 Å². The lowest BCUT2D eigenvalue weighted by Crippen LogP contribution is -2.19. The van der Waals surface area contributed by atoms with E-state index in [4.69, 9.17) is 19.0 Å². The highest BCUT2D eigenvalue weighted by molar-refractivity contribution is 7.74. The Hall–Kier alpha value is -13.4. The molecule has 2 unspecified atom stereocenters. The molecule has 0 amide bonds. The first-order chi connectivity index (χ1) is 61.7. The molecule has 22 rings (SSSR count). The lowest BCUT2D eigenvalue weighted by Gasteiger charge is -2.19. The fourth-order valence-corrected chi connectivity index (χ4v) is 23.5. The third-order valence-corrected chi connectivity index (χ3v) is 31.2. The van der Waals surface area contributed by atoms with E-state index in [9.17, 15) is 9.13 Å². The number of pyridine rings is 2. The van der Waals surface area contributed by atoms with Crippen LogP contribution in [0.25, 0.3) is 165 Å². The normalized spacial score (nSPS) is 13.5. The topological polar surface area (TPSA) is 108 Å². The molecule has 8 aromatic heterocycles. The Bertz CT molecular complexity index is 7700. The number of hydrogen-bond acceptors (Lipinski definition) is 6. The number of para-hydroxylation sites is 4. The highest BCUT2D eigenvalue weighted by atomic mass is 31.2. The number of fused-ring (bicyclic) bond motifs is 18. The summed E-state index contributed by atoms with van der Waals surface area (Å²) in [6, 6.07) is 117. The summed E-state index contributed by atoms with van der Waals surface area (Å²) in [4.78, 5) is 10.1. The number of aromatic nitrogens is 8. The molecule has 0 spiro atoms. The average molecular weight is 1710 g/mol. The van der Waals surface area contributed by atoms with Crippen LogP contribution in [0.4, 0.5) is 0 Å². The van der Waals surface area contributed by atoms with Crippen molar-refractivity contribution in [3.05, 3.63) is 362 Å². The van der Waals surface area contributed by atoms with Gasteiger partial charge in [-0.05, 0) is 252 Å². The van der Waals surface area contributed by atoms with E-state index < -0.39 is 14.7 Å². The Morgan fingerprint density at radius 1 is 0.227 bits per heavy atom. The molecule has 128 heavy (non-hydrogen) atoms. The monoisotopic (exact) mass is 1710 g/mol. The molecule has 0 aliphatic rings. The fourth-order valence-electron chi connectivity index (χ4n) is 19.5. The third kappa shape index (κ3) is 13.5. The molecule has 12 nitrogen and oxygen atoms in total. The van der Waals surface area contributed by atoms with Gasteiger partial charge in [-0.25, -0.2) is 9.97 Å². The molecule has 0 bridgehead atoms. The van der Waals surface area contributed by atoms with Crippen LogP contribution < -0.4 is 21.2 Å². The standard InChI is InChI=1S/C65H67N4O2P.C49H35N4O2P/c1-14-71-72(70,47-18-16-15-17-19-47)48-26-33-61(66-40-48)69-59-31-24-45(67-55-27-20-41(62(2,3)4)34-49(55)50-35-42(63(5,6)7)21-28-56(50)67)38-53(59)54-39-46(25-32-60(54)69)68-57-29-22-43(64(8,9)10)36-51(57)52-37-44(65(11,12)13)23-30-58(52)68;1-2-55-56(54,35-14-4-3-5-15-35)36-26-29-49(50-32-36)53-47-27-24-33(51-43-20-10-6-16-37(43)38-17-7-11-21-44(38)51)30-41(47)42-31-34(25-28-48(42)53)52-45-22-12-8-18-39(45)40-19-9-13-23-46(40)52/h15-40H,14H2,1-13H3;3-32H,2H2,1H3. The predicted molar refractivity (Wildman–Crippen MR) is 539 cm³/mol. The van der Waals surface area contributed by atoms with E-state index >= 15 is 0 Å². The van der Waals surface area contributed by atoms with Crippen molar-refractivity contribution >= 4 is 167 Å². The van der Waals surface area contributed by atoms with Gasteiger partial charge in [-0.1, -0.05) is 217 Å². The number of nitrogens with zero attached hydrogens (tertiary/aromatic N) is 8. The average Bonchev–Trinajstić information content (AvgIpc) is 1.57. The van der Waals surface area contributed by atoms with E-state index in [-0.39, 0.29) is 21.7 Å². The van der Waals surface area contributed by atoms with E-state index in [1.165, 1.54) is 87.4 Å². The van der Waals surface area contributed by atoms with Gasteiger partial charge in [0.2, 0.25) is 0 Å². The first kappa shape index (κ1) is 81.6. The Morgan fingerprint density at radius 3 is 0.680 bits per heavy atom. The molecule has 22 aromatic rings. The van der Waals surface area contributed by atoms with Crippen LogP contribution in [0, 0.1) is 0 Å². The molecule has 14 aromatic carbocycles. The van der Waals surface area contributed by atoms with Gasteiger partial charge in [0.1, 0.15) is 11.6 Å². The molecule has 14 heteroatoms. The van der Waals surface area contributed by atoms with Gasteiger partial charge in [0, 0.05) is 110 Å². The third-order valence-electron chi connectivity index (χ3n) is 26.1. The highest BCUT2D eigenvalue weighted by Crippen LogP contribution is 2.49. The van der Waals surface area contributed by atoms with E-state index in [0.717, 1.165) is 100 Å². The Kier molecular flexibility index (Phi) is 19.6. The van der Waals surface area contributed by atoms with Gasteiger partial charge in [-0.3, -0.25) is 18.3 Å². The lowest BCUT2D eigenvalue weighted by molar-refractivity contribution is 0.347. The van der Waals surface area contributed by atoms with Gasteiger partial charge in [0.15, 0.2) is 0 Å². The lowest BCUT2D eigenvalue weighted by atomic mass is 9.85. The Labute approximate surface area is 745 Å². The van der Waals surface area contributed by atoms with Crippen molar-refractivity contribution in [3.63, 3.8) is 0 Å². The maximum absolute atomic E-state index is 14.7. The molecular weight excluding hydrogens is 1610 g/mol. The Morgan fingerprint density at radius 2 is 0.445 bits per heavy atom. The summed E-state index contributed by atoms with van der Waals surface area (Å²) in [6.07, 6.45) is 3.46. The molecule has 0 radical (unpaired) electrons. The van der Waals surface area contributed by atoms with Crippen molar-refractivity contribution in [2.45, 2.75) is 119 Å². The maximum atomic E-state index is 14.7. The van der Waals surface area contributed by atoms with Crippen LogP contribution in [0.2, 0.25) is 0 Å². The number of hydrogen-bond donors (Lipinski definition) is 0. The van der Waals surface area contributed by atoms with Crippen molar-refractivity contribution in [2.24, 2.45) is 0 Å². The second-order valence-electron chi connectivity index (χ2n) is 38.2. The Balaban J connectivity index is 0.000000160. The van der Waals surface area contributed by atoms with E-state index in [1.807, 2.05) is 98.8 Å². The van der Waals surface area contributed by atoms with Gasteiger partial charge in [-0.15, -0.1) is 0 Å². The van der Waals surface area contributed by atoms with Crippen LogP contribution in [0.5, 0.6) is 0 Å². The van der Waals surface area contributed by atoms with Crippen LogP contribution >= 0.6 is 14.7 Å². The maximum Gasteiger partial charge on any atom is 0.262 e. The van der Waals surface area contributed by atoms with Crippen molar-refractivity contribution in [1.82, 2.24) is 37.4 Å². The molecular formula is C114H102N8O4P2. The van der Waals surface area contributed by atoms with E-state index in [0.29, 0.717) is 34.4 Å². The molecule has 0 aliphatic heterocycles. The minimum absolute atomic E-state index is 0.00340. The van der Waals surface area contributed by atoms with Crippen molar-refractivity contribution < 1.29 is 18.2 Å².